The van der Waals surface area contributed by atoms with E-state index in [0.29, 0.717) is 47.4 Å². The molecule has 0 aliphatic carbocycles. The standard InChI is InChI=1S/C15H17N3O4/c1-8-7-10(11-9(2)17-22-12(11)16-8)13(19)18-6-4-5-15(18,3)14(20)21/h7H,4-6H2,1-3H3,(H,20,21). The number of aliphatic carboxylic acids is 1. The number of carboxylic acids is 1. The summed E-state index contributed by atoms with van der Waals surface area (Å²) < 4.78 is 5.13. The van der Waals surface area contributed by atoms with Crippen LogP contribution in [0.15, 0.2) is 10.6 Å². The Bertz CT molecular complexity index is 782. The van der Waals surface area contributed by atoms with E-state index in [9.17, 15) is 14.7 Å². The molecule has 7 nitrogen and oxygen atoms in total. The highest BCUT2D eigenvalue weighted by Crippen LogP contribution is 2.32. The Kier molecular flexibility index (Phi) is 3.16. The SMILES string of the molecule is Cc1cc(C(=O)N2CCCC2(C)C(=O)O)c2c(C)noc2n1. The fraction of sp³-hybridized carbons (Fsp3) is 0.467. The van der Waals surface area contributed by atoms with Gasteiger partial charge in [0.15, 0.2) is 0 Å². The molecule has 116 valence electrons. The van der Waals surface area contributed by atoms with Gasteiger partial charge in [-0.05, 0) is 39.7 Å². The molecule has 1 N–H and O–H groups in total. The van der Waals surface area contributed by atoms with Gasteiger partial charge >= 0.3 is 5.97 Å². The maximum Gasteiger partial charge on any atom is 0.329 e. The Morgan fingerprint density at radius 3 is 2.82 bits per heavy atom. The van der Waals surface area contributed by atoms with Gasteiger partial charge in [0, 0.05) is 12.2 Å². The first-order valence-electron chi connectivity index (χ1n) is 7.13. The van der Waals surface area contributed by atoms with Gasteiger partial charge in [-0.25, -0.2) is 9.78 Å². The number of pyridine rings is 1. The van der Waals surface area contributed by atoms with E-state index in [4.69, 9.17) is 4.52 Å². The van der Waals surface area contributed by atoms with Crippen molar-refractivity contribution in [3.63, 3.8) is 0 Å². The fourth-order valence-electron chi connectivity index (χ4n) is 3.04. The molecule has 0 spiro atoms. The van der Waals surface area contributed by atoms with Gasteiger partial charge in [0.25, 0.3) is 11.6 Å². The normalized spacial score (nSPS) is 21.5. The van der Waals surface area contributed by atoms with Crippen LogP contribution in [0.4, 0.5) is 0 Å². The first kappa shape index (κ1) is 14.5. The highest BCUT2D eigenvalue weighted by atomic mass is 16.5. The summed E-state index contributed by atoms with van der Waals surface area (Å²) >= 11 is 0. The van der Waals surface area contributed by atoms with Crippen LogP contribution in [0.5, 0.6) is 0 Å². The van der Waals surface area contributed by atoms with Crippen LogP contribution in [0.25, 0.3) is 11.1 Å². The number of amides is 1. The molecule has 1 unspecified atom stereocenters. The Morgan fingerprint density at radius 1 is 1.41 bits per heavy atom. The minimum atomic E-state index is -1.17. The number of aromatic nitrogens is 2. The minimum absolute atomic E-state index is 0.303. The lowest BCUT2D eigenvalue weighted by Gasteiger charge is -2.31. The van der Waals surface area contributed by atoms with Crippen LogP contribution in [0.1, 0.15) is 41.5 Å². The molecule has 22 heavy (non-hydrogen) atoms. The maximum absolute atomic E-state index is 12.9. The van der Waals surface area contributed by atoms with Gasteiger partial charge < -0.3 is 14.5 Å². The van der Waals surface area contributed by atoms with E-state index in [2.05, 4.69) is 10.1 Å². The van der Waals surface area contributed by atoms with Crippen LogP contribution in [0, 0.1) is 13.8 Å². The predicted molar refractivity (Wildman–Crippen MR) is 77.6 cm³/mol. The van der Waals surface area contributed by atoms with Gasteiger partial charge in [-0.1, -0.05) is 5.16 Å². The largest absolute Gasteiger partial charge is 0.480 e. The second kappa shape index (κ2) is 4.79. The molecule has 0 aromatic carbocycles. The topological polar surface area (TPSA) is 96.5 Å². The number of carboxylic acid groups (broad SMARTS) is 1. The van der Waals surface area contributed by atoms with Gasteiger partial charge in [-0.3, -0.25) is 4.79 Å². The fourth-order valence-corrected chi connectivity index (χ4v) is 3.04. The van der Waals surface area contributed by atoms with Gasteiger partial charge in [0.1, 0.15) is 5.54 Å². The summed E-state index contributed by atoms with van der Waals surface area (Å²) in [6, 6.07) is 1.66. The summed E-state index contributed by atoms with van der Waals surface area (Å²) in [6.07, 6.45) is 1.12. The number of aryl methyl sites for hydroxylation is 2. The number of fused-ring (bicyclic) bond motifs is 1. The third kappa shape index (κ3) is 1.96. The first-order valence-corrected chi connectivity index (χ1v) is 7.13. The molecule has 2 aromatic heterocycles. The number of carbonyl (C=O) groups is 2. The molecule has 1 fully saturated rings. The molecule has 1 aliphatic heterocycles. The number of hydrogen-bond donors (Lipinski definition) is 1. The first-order chi connectivity index (χ1) is 10.3. The van der Waals surface area contributed by atoms with E-state index in [1.165, 1.54) is 4.90 Å². The lowest BCUT2D eigenvalue weighted by atomic mass is 9.98. The molecule has 1 saturated heterocycles. The van der Waals surface area contributed by atoms with Gasteiger partial charge in [0.2, 0.25) is 0 Å². The molecule has 1 aliphatic rings. The maximum atomic E-state index is 12.9. The summed E-state index contributed by atoms with van der Waals surface area (Å²) in [5.74, 6) is -1.30. The molecule has 3 rings (SSSR count). The van der Waals surface area contributed by atoms with Crippen molar-refractivity contribution in [1.29, 1.82) is 0 Å². The smallest absolute Gasteiger partial charge is 0.329 e. The third-order valence-electron chi connectivity index (χ3n) is 4.32. The van der Waals surface area contributed by atoms with Crippen molar-refractivity contribution in [2.45, 2.75) is 39.2 Å². The summed E-state index contributed by atoms with van der Waals surface area (Å²) in [5, 5.41) is 13.9. The van der Waals surface area contributed by atoms with Crippen LogP contribution < -0.4 is 0 Å². The lowest BCUT2D eigenvalue weighted by Crippen LogP contribution is -2.50. The number of rotatable bonds is 2. The molecule has 1 amide bonds. The minimum Gasteiger partial charge on any atom is -0.480 e. The number of hydrogen-bond acceptors (Lipinski definition) is 5. The van der Waals surface area contributed by atoms with Gasteiger partial charge in [0.05, 0.1) is 16.6 Å². The van der Waals surface area contributed by atoms with Crippen molar-refractivity contribution >= 4 is 23.0 Å². The van der Waals surface area contributed by atoms with E-state index in [1.807, 2.05) is 0 Å². The van der Waals surface area contributed by atoms with Crippen LogP contribution in [-0.4, -0.2) is 44.1 Å². The summed E-state index contributed by atoms with van der Waals surface area (Å²) in [6.45, 7) is 5.51. The average molecular weight is 303 g/mol. The average Bonchev–Trinajstić information content (AvgIpc) is 3.02. The van der Waals surface area contributed by atoms with Crippen molar-refractivity contribution in [3.05, 3.63) is 23.0 Å². The van der Waals surface area contributed by atoms with E-state index in [-0.39, 0.29) is 5.91 Å². The van der Waals surface area contributed by atoms with Crippen molar-refractivity contribution < 1.29 is 19.2 Å². The molecule has 7 heteroatoms. The van der Waals surface area contributed by atoms with Crippen molar-refractivity contribution in [3.8, 4) is 0 Å². The predicted octanol–water partition coefficient (Wildman–Crippen LogP) is 1.92. The second-order valence-electron chi connectivity index (χ2n) is 5.90. The molecular weight excluding hydrogens is 286 g/mol. The number of likely N-dealkylation sites (tertiary alicyclic amines) is 1. The van der Waals surface area contributed by atoms with Crippen LogP contribution in [0.3, 0.4) is 0 Å². The number of nitrogens with zero attached hydrogens (tertiary/aromatic N) is 3. The Hall–Kier alpha value is -2.44. The van der Waals surface area contributed by atoms with E-state index >= 15 is 0 Å². The molecular formula is C15H17N3O4. The monoisotopic (exact) mass is 303 g/mol. The van der Waals surface area contributed by atoms with E-state index in [1.54, 1.807) is 26.8 Å². The van der Waals surface area contributed by atoms with Crippen molar-refractivity contribution in [1.82, 2.24) is 15.0 Å². The van der Waals surface area contributed by atoms with Crippen molar-refractivity contribution in [2.24, 2.45) is 0 Å². The third-order valence-corrected chi connectivity index (χ3v) is 4.32. The zero-order chi connectivity index (χ0) is 16.1. The zero-order valence-electron chi connectivity index (χ0n) is 12.7. The number of carbonyl (C=O) groups excluding carboxylic acids is 1. The quantitative estimate of drug-likeness (QED) is 0.910. The summed E-state index contributed by atoms with van der Waals surface area (Å²) in [4.78, 5) is 30.2. The van der Waals surface area contributed by atoms with E-state index in [0.717, 1.165) is 0 Å². The highest BCUT2D eigenvalue weighted by Gasteiger charge is 2.46. The summed E-state index contributed by atoms with van der Waals surface area (Å²) in [7, 11) is 0. The lowest BCUT2D eigenvalue weighted by molar-refractivity contribution is -0.147. The van der Waals surface area contributed by atoms with Crippen LogP contribution in [-0.2, 0) is 4.79 Å². The molecule has 3 heterocycles. The molecule has 1 atom stereocenters. The van der Waals surface area contributed by atoms with Crippen molar-refractivity contribution in [2.75, 3.05) is 6.54 Å². The van der Waals surface area contributed by atoms with Gasteiger partial charge in [-0.2, -0.15) is 0 Å². The Labute approximate surface area is 126 Å². The molecule has 0 radical (unpaired) electrons. The second-order valence-corrected chi connectivity index (χ2v) is 5.90. The highest BCUT2D eigenvalue weighted by molar-refractivity contribution is 6.07. The van der Waals surface area contributed by atoms with Crippen LogP contribution >= 0.6 is 0 Å². The van der Waals surface area contributed by atoms with E-state index < -0.39 is 11.5 Å². The summed E-state index contributed by atoms with van der Waals surface area (Å²) in [5.41, 5.74) is 0.726. The molecule has 0 bridgehead atoms. The van der Waals surface area contributed by atoms with Gasteiger partial charge in [-0.15, -0.1) is 0 Å². The molecule has 2 aromatic rings. The van der Waals surface area contributed by atoms with Crippen LogP contribution in [0.2, 0.25) is 0 Å². The Balaban J connectivity index is 2.13. The molecule has 0 saturated carbocycles. The zero-order valence-corrected chi connectivity index (χ0v) is 12.7. The Morgan fingerprint density at radius 2 is 2.14 bits per heavy atom.